The van der Waals surface area contributed by atoms with Crippen LogP contribution in [-0.2, 0) is 95.1 Å². The Morgan fingerprint density at radius 3 is 1.10 bits per heavy atom. The van der Waals surface area contributed by atoms with Gasteiger partial charge in [0, 0.05) is 65.8 Å². The largest absolute Gasteiger partial charge is 0.486 e. The number of Topliss-reactive ketones (excluding diaryl/α,β-unsaturated/α-hetero) is 2. The molecule has 676 valence electrons. The predicted octanol–water partition coefficient (Wildman–Crippen LogP) is -9.84. The molecule has 4 amide bonds. The molecular weight excluding hydrogens is 1600 g/mol. The lowest BCUT2D eigenvalue weighted by Gasteiger charge is -2.48. The first-order valence-electron chi connectivity index (χ1n) is 39.3. The van der Waals surface area contributed by atoms with E-state index in [2.05, 4.69) is 21.3 Å². The third-order valence-corrected chi connectivity index (χ3v) is 20.3. The molecular formula is C75H116N4O40. The zero-order chi connectivity index (χ0) is 86.7. The fraction of sp³-hybridized carbons (Fsp3) is 0.760. The highest BCUT2D eigenvalue weighted by atomic mass is 16.8. The van der Waals surface area contributed by atoms with Crippen molar-refractivity contribution in [2.24, 2.45) is 0 Å². The molecule has 44 heteroatoms. The van der Waals surface area contributed by atoms with Gasteiger partial charge in [-0.3, -0.25) is 28.8 Å². The number of carbonyl (C=O) groups excluding carboxylic acids is 6. The van der Waals surface area contributed by atoms with E-state index in [-0.39, 0.29) is 128 Å². The number of ketones is 2. The van der Waals surface area contributed by atoms with E-state index in [1.165, 1.54) is 0 Å². The minimum Gasteiger partial charge on any atom is -0.486 e. The molecule has 44 nitrogen and oxygen atoms in total. The van der Waals surface area contributed by atoms with Crippen LogP contribution < -0.4 is 30.7 Å². The van der Waals surface area contributed by atoms with Crippen LogP contribution in [0.4, 0.5) is 0 Å². The molecule has 0 spiro atoms. The topological polar surface area (TPSA) is 662 Å². The van der Waals surface area contributed by atoms with Crippen LogP contribution in [0.1, 0.15) is 70.8 Å². The van der Waals surface area contributed by atoms with E-state index in [0.717, 1.165) is 30.5 Å². The highest BCUT2D eigenvalue weighted by Crippen LogP contribution is 2.37. The molecule has 0 saturated carbocycles. The second kappa shape index (κ2) is 48.9. The van der Waals surface area contributed by atoms with E-state index in [4.69, 9.17) is 75.8 Å². The van der Waals surface area contributed by atoms with E-state index < -0.39 is 236 Å². The second-order valence-corrected chi connectivity index (χ2v) is 29.4. The smallest absolute Gasteiger partial charge is 0.222 e. The molecule has 0 aromatic heterocycles. The molecule has 0 bridgehead atoms. The summed E-state index contributed by atoms with van der Waals surface area (Å²) in [4.78, 5) is 75.4. The van der Waals surface area contributed by atoms with Crippen molar-refractivity contribution >= 4 is 35.2 Å². The molecule has 0 aliphatic carbocycles. The first-order valence-corrected chi connectivity index (χ1v) is 39.3. The molecule has 6 heterocycles. The van der Waals surface area contributed by atoms with Gasteiger partial charge in [0.1, 0.15) is 171 Å². The molecule has 6 aliphatic rings. The van der Waals surface area contributed by atoms with E-state index in [1.54, 1.807) is 24.3 Å². The number of aryl methyl sites for hydroxylation is 1. The van der Waals surface area contributed by atoms with Crippen molar-refractivity contribution in [2.75, 3.05) is 106 Å². The number of rotatable bonds is 47. The summed E-state index contributed by atoms with van der Waals surface area (Å²) < 4.78 is 91.2. The summed E-state index contributed by atoms with van der Waals surface area (Å²) in [6.07, 6.45) is -46.6. The normalized spacial score (nSPS) is 34.8. The van der Waals surface area contributed by atoms with Gasteiger partial charge in [-0.25, -0.2) is 0 Å². The lowest BCUT2D eigenvalue weighted by molar-refractivity contribution is -0.376. The second-order valence-electron chi connectivity index (χ2n) is 29.4. The summed E-state index contributed by atoms with van der Waals surface area (Å²) in [6, 6.07) is 9.87. The monoisotopic (exact) mass is 1710 g/mol. The summed E-state index contributed by atoms with van der Waals surface area (Å²) in [5, 5.41) is 200. The van der Waals surface area contributed by atoms with Crippen molar-refractivity contribution in [3.63, 3.8) is 0 Å². The van der Waals surface area contributed by atoms with Crippen LogP contribution in [0.5, 0.6) is 11.5 Å². The van der Waals surface area contributed by atoms with Crippen LogP contribution in [0.15, 0.2) is 42.5 Å². The van der Waals surface area contributed by atoms with Crippen LogP contribution in [0.2, 0.25) is 0 Å². The Morgan fingerprint density at radius 2 is 0.714 bits per heavy atom. The maximum atomic E-state index is 12.8. The molecule has 2 aromatic rings. The van der Waals surface area contributed by atoms with Crippen molar-refractivity contribution < 1.29 is 196 Å². The van der Waals surface area contributed by atoms with Crippen LogP contribution in [0.25, 0.3) is 11.1 Å². The van der Waals surface area contributed by atoms with Crippen LogP contribution >= 0.6 is 0 Å². The average Bonchev–Trinajstić information content (AvgIpc) is 0.776. The Bertz CT molecular complexity index is 3410. The van der Waals surface area contributed by atoms with Crippen molar-refractivity contribution in [1.29, 1.82) is 0 Å². The molecule has 12 unspecified atom stereocenters. The number of hydrogen-bond acceptors (Lipinski definition) is 40. The lowest BCUT2D eigenvalue weighted by atomic mass is 9.95. The Balaban J connectivity index is 0.646. The maximum absolute atomic E-state index is 12.8. The van der Waals surface area contributed by atoms with Crippen LogP contribution in [0, 0.1) is 6.92 Å². The molecule has 0 radical (unpaired) electrons. The average molecular weight is 1710 g/mol. The van der Waals surface area contributed by atoms with Gasteiger partial charge in [0.15, 0.2) is 49.3 Å². The van der Waals surface area contributed by atoms with Gasteiger partial charge in [-0.15, -0.1) is 0 Å². The molecule has 6 fully saturated rings. The van der Waals surface area contributed by atoms with E-state index >= 15 is 0 Å². The van der Waals surface area contributed by atoms with Crippen LogP contribution in [0.3, 0.4) is 0 Å². The fourth-order valence-corrected chi connectivity index (χ4v) is 13.8. The van der Waals surface area contributed by atoms with Crippen LogP contribution in [-0.4, -0.2) is 417 Å². The molecule has 8 rings (SSSR count). The standard InChI is InChI=1S/C75H116N4O40/c1-35-24-39(26-43(25-35)109-34-41(89)9-5-19-105-23-15-51(91)77-17-7-21-107-71-53(79-37(3)87)59(97)67(49(32-85)115-71)117-75-65(103)69(57(95)47(30-83)113-75)119-73-63(101)61(99)55(93)45(28-81)111-73)38-10-12-42(13-11-38)108-33-40(88)8-4-18-104-22-14-50(90)76-16-6-20-106-70-52(78-36(2)86)58(96)66(48(31-84)114-70)116-74-64(102)68(56(94)46(29-82)112-74)118-72-62(100)60(98)54(92)44(27-80)110-72/h10-13,24-26,44-49,52-75,80-85,92-103H,4-9,14-23,27-34H2,1-3H3,(H,76,90)(H,77,91)(H,78,86)(H,79,87)/t44?,45?,46?,47?,48?,49?,52?,53?,54-,55-,56-,57-,58+,59+,60-,61-,62?,63?,64?,65?,66+,67+,68-,69-,70+,71+,72+,73+,74-,75-/m0/s1. The number of ether oxygens (including phenoxy) is 16. The molecule has 30 atom stereocenters. The molecule has 6 saturated heterocycles. The zero-order valence-corrected chi connectivity index (χ0v) is 65.9. The van der Waals surface area contributed by atoms with Gasteiger partial charge in [0.25, 0.3) is 0 Å². The Hall–Kier alpha value is -6.02. The summed E-state index contributed by atoms with van der Waals surface area (Å²) >= 11 is 0. The van der Waals surface area contributed by atoms with E-state index in [1.807, 2.05) is 25.1 Å². The van der Waals surface area contributed by atoms with Crippen molar-refractivity contribution in [1.82, 2.24) is 21.3 Å². The number of hydrogen-bond donors (Lipinski definition) is 22. The van der Waals surface area contributed by atoms with Gasteiger partial charge in [0.05, 0.1) is 66.1 Å². The number of aliphatic hydroxyl groups excluding tert-OH is 18. The van der Waals surface area contributed by atoms with Crippen molar-refractivity contribution in [3.05, 3.63) is 48.0 Å². The van der Waals surface area contributed by atoms with Crippen molar-refractivity contribution in [3.8, 4) is 22.6 Å². The highest BCUT2D eigenvalue weighted by Gasteiger charge is 2.57. The first-order chi connectivity index (χ1) is 56.9. The Labute approximate surface area is 683 Å². The predicted molar refractivity (Wildman–Crippen MR) is 395 cm³/mol. The summed E-state index contributed by atoms with van der Waals surface area (Å²) in [5.41, 5.74) is 2.49. The van der Waals surface area contributed by atoms with Gasteiger partial charge in [-0.2, -0.15) is 0 Å². The number of aliphatic hydroxyl groups is 18. The number of benzene rings is 2. The Morgan fingerprint density at radius 1 is 0.353 bits per heavy atom. The van der Waals surface area contributed by atoms with E-state index in [9.17, 15) is 121 Å². The van der Waals surface area contributed by atoms with E-state index in [0.29, 0.717) is 24.3 Å². The molecule has 6 aliphatic heterocycles. The quantitative estimate of drug-likeness (QED) is 0.0274. The maximum Gasteiger partial charge on any atom is 0.222 e. The summed E-state index contributed by atoms with van der Waals surface area (Å²) in [6.45, 7) is -0.685. The highest BCUT2D eigenvalue weighted by molar-refractivity contribution is 5.81. The minimum absolute atomic E-state index is 0.00446. The number of amides is 4. The van der Waals surface area contributed by atoms with Gasteiger partial charge in [-0.1, -0.05) is 18.2 Å². The fourth-order valence-electron chi connectivity index (χ4n) is 13.8. The Kier molecular flexibility index (Phi) is 40.4. The number of nitrogens with one attached hydrogen (secondary N) is 4. The first kappa shape index (κ1) is 98.4. The summed E-state index contributed by atoms with van der Waals surface area (Å²) in [7, 11) is 0. The molecule has 119 heavy (non-hydrogen) atoms. The van der Waals surface area contributed by atoms with Gasteiger partial charge in [0.2, 0.25) is 23.6 Å². The third kappa shape index (κ3) is 28.0. The molecule has 22 N–H and O–H groups in total. The van der Waals surface area contributed by atoms with Gasteiger partial charge < -0.3 is 189 Å². The minimum atomic E-state index is -2.00. The third-order valence-electron chi connectivity index (χ3n) is 20.3. The summed E-state index contributed by atoms with van der Waals surface area (Å²) in [5.74, 6) is -1.42. The van der Waals surface area contributed by atoms with Crippen molar-refractivity contribution in [2.45, 2.75) is 256 Å². The van der Waals surface area contributed by atoms with Gasteiger partial charge >= 0.3 is 0 Å². The lowest BCUT2D eigenvalue weighted by Crippen LogP contribution is -2.68. The number of carbonyl (C=O) groups is 6. The molecule has 2 aromatic carbocycles. The zero-order valence-electron chi connectivity index (χ0n) is 65.9. The van der Waals surface area contributed by atoms with Gasteiger partial charge in [-0.05, 0) is 73.6 Å². The SMILES string of the molecule is CC(=O)NC1[C@H](OCCCNC(=O)CCOCCCC(=O)COc2ccc(-c3cc(C)cc(OCC(=O)CCCOCCC(=O)NCCCO[C@@H]4OC(CO)[C@@H](O[C@@H]5OC(CO)[C@H](O)[C@H](O[C@H]6OC(CO)[C@H](O)[C@H](O)C6O)C5O)[C@H](O)C4NC(C)=O)c3)cc2)OC(CO)[C@@H](O[C@@H]2OC(CO)[C@H](O)[C@H](O[C@H]3OC(CO)[C@H](O)[C@H](O)C3O)C2O)[C@@H]1O.